The molecule has 0 unspecified atom stereocenters. The molecule has 0 saturated heterocycles. The van der Waals surface area contributed by atoms with E-state index in [2.05, 4.69) is 16.8 Å². The molecule has 28 heavy (non-hydrogen) atoms. The number of halogens is 2. The number of nitrogens with zero attached hydrogens (tertiary/aromatic N) is 3. The van der Waals surface area contributed by atoms with Gasteiger partial charge >= 0.3 is 0 Å². The van der Waals surface area contributed by atoms with Crippen LogP contribution in [-0.4, -0.2) is 26.6 Å². The van der Waals surface area contributed by atoms with E-state index < -0.39 is 11.4 Å². The normalized spacial score (nSPS) is 10.5. The standard InChI is InChI=1S/C20H17ClFN3O3/c1-4-5-12-8-15(21)17(16(9-12)28-3)18-19(26)24(2)25(20(18)27)11-14-7-6-13(22)10-23-14/h6-10,26H,11H2,1-3H3. The minimum Gasteiger partial charge on any atom is -0.496 e. The Morgan fingerprint density at radius 3 is 2.68 bits per heavy atom. The first-order valence-electron chi connectivity index (χ1n) is 8.27. The highest BCUT2D eigenvalue weighted by Gasteiger charge is 2.25. The van der Waals surface area contributed by atoms with E-state index in [1.165, 1.54) is 35.7 Å². The number of hydrogen-bond acceptors (Lipinski definition) is 4. The second-order valence-corrected chi connectivity index (χ2v) is 6.37. The van der Waals surface area contributed by atoms with Crippen LogP contribution in [0.15, 0.2) is 35.3 Å². The third kappa shape index (κ3) is 3.47. The van der Waals surface area contributed by atoms with E-state index in [-0.39, 0.29) is 28.6 Å². The summed E-state index contributed by atoms with van der Waals surface area (Å²) < 4.78 is 21.0. The van der Waals surface area contributed by atoms with Gasteiger partial charge in [-0.2, -0.15) is 0 Å². The molecule has 0 fully saturated rings. The van der Waals surface area contributed by atoms with Crippen molar-refractivity contribution in [2.75, 3.05) is 7.11 Å². The molecule has 144 valence electrons. The Morgan fingerprint density at radius 1 is 1.32 bits per heavy atom. The van der Waals surface area contributed by atoms with Crippen molar-refractivity contribution in [2.45, 2.75) is 13.5 Å². The number of aromatic hydroxyl groups is 1. The summed E-state index contributed by atoms with van der Waals surface area (Å²) in [6, 6.07) is 5.98. The Hall–Kier alpha value is -3.24. The Bertz CT molecular complexity index is 1150. The van der Waals surface area contributed by atoms with Gasteiger partial charge in [0.15, 0.2) is 0 Å². The molecular weight excluding hydrogens is 385 g/mol. The van der Waals surface area contributed by atoms with Crippen LogP contribution in [0, 0.1) is 17.7 Å². The Balaban J connectivity index is 2.17. The van der Waals surface area contributed by atoms with Crippen molar-refractivity contribution < 1.29 is 14.2 Å². The van der Waals surface area contributed by atoms with Crippen LogP contribution in [0.3, 0.4) is 0 Å². The second kappa shape index (κ2) is 7.79. The minimum atomic E-state index is -0.486. The molecule has 0 radical (unpaired) electrons. The molecule has 3 aromatic rings. The molecule has 0 aliphatic carbocycles. The van der Waals surface area contributed by atoms with Gasteiger partial charge in [0, 0.05) is 12.6 Å². The third-order valence-electron chi connectivity index (χ3n) is 4.23. The van der Waals surface area contributed by atoms with Gasteiger partial charge in [-0.3, -0.25) is 14.5 Å². The lowest BCUT2D eigenvalue weighted by Gasteiger charge is -2.10. The maximum Gasteiger partial charge on any atom is 0.279 e. The van der Waals surface area contributed by atoms with Gasteiger partial charge in [-0.15, -0.1) is 5.92 Å². The molecule has 8 heteroatoms. The summed E-state index contributed by atoms with van der Waals surface area (Å²) in [7, 11) is 2.97. The molecule has 0 aliphatic rings. The highest BCUT2D eigenvalue weighted by atomic mass is 35.5. The highest BCUT2D eigenvalue weighted by Crippen LogP contribution is 2.40. The number of methoxy groups -OCH3 is 1. The van der Waals surface area contributed by atoms with E-state index in [4.69, 9.17) is 16.3 Å². The van der Waals surface area contributed by atoms with Gasteiger partial charge in [0.1, 0.15) is 17.1 Å². The lowest BCUT2D eigenvalue weighted by molar-refractivity contribution is 0.389. The summed E-state index contributed by atoms with van der Waals surface area (Å²) in [5.41, 5.74) is 0.875. The lowest BCUT2D eigenvalue weighted by atomic mass is 10.0. The molecule has 1 N–H and O–H groups in total. The SMILES string of the molecule is CC#Cc1cc(Cl)c(-c2c(O)n(C)n(Cc3ccc(F)cn3)c2=O)c(OC)c1. The van der Waals surface area contributed by atoms with Crippen molar-refractivity contribution in [1.82, 2.24) is 14.3 Å². The van der Waals surface area contributed by atoms with Crippen molar-refractivity contribution in [3.05, 3.63) is 62.9 Å². The van der Waals surface area contributed by atoms with Gasteiger partial charge in [-0.25, -0.2) is 9.07 Å². The first-order chi connectivity index (χ1) is 13.4. The Morgan fingerprint density at radius 2 is 2.07 bits per heavy atom. The highest BCUT2D eigenvalue weighted by molar-refractivity contribution is 6.34. The number of pyridine rings is 1. The van der Waals surface area contributed by atoms with Crippen LogP contribution in [0.25, 0.3) is 11.1 Å². The Labute approximate surface area is 165 Å². The number of hydrogen-bond donors (Lipinski definition) is 1. The maximum absolute atomic E-state index is 13.1. The van der Waals surface area contributed by atoms with E-state index >= 15 is 0 Å². The average Bonchev–Trinajstić information content (AvgIpc) is 2.87. The monoisotopic (exact) mass is 401 g/mol. The molecule has 0 amide bonds. The summed E-state index contributed by atoms with van der Waals surface area (Å²) in [5, 5.41) is 10.8. The topological polar surface area (TPSA) is 69.3 Å². The smallest absolute Gasteiger partial charge is 0.279 e. The van der Waals surface area contributed by atoms with E-state index in [9.17, 15) is 14.3 Å². The zero-order valence-electron chi connectivity index (χ0n) is 15.5. The van der Waals surface area contributed by atoms with Crippen LogP contribution in [-0.2, 0) is 13.6 Å². The summed E-state index contributed by atoms with van der Waals surface area (Å²) in [4.78, 5) is 17.0. The lowest BCUT2D eigenvalue weighted by Crippen LogP contribution is -2.23. The summed E-state index contributed by atoms with van der Waals surface area (Å²) in [5.74, 6) is 5.22. The van der Waals surface area contributed by atoms with Crippen LogP contribution in [0.5, 0.6) is 11.6 Å². The first-order valence-corrected chi connectivity index (χ1v) is 8.65. The van der Waals surface area contributed by atoms with Gasteiger partial charge in [-0.1, -0.05) is 17.5 Å². The molecule has 0 aliphatic heterocycles. The molecule has 3 rings (SSSR count). The van der Waals surface area contributed by atoms with Crippen molar-refractivity contribution in [1.29, 1.82) is 0 Å². The van der Waals surface area contributed by atoms with Crippen molar-refractivity contribution in [3.63, 3.8) is 0 Å². The molecule has 2 aromatic heterocycles. The maximum atomic E-state index is 13.1. The van der Waals surface area contributed by atoms with E-state index in [1.807, 2.05) is 0 Å². The third-order valence-corrected chi connectivity index (χ3v) is 4.53. The zero-order chi connectivity index (χ0) is 20.4. The first kappa shape index (κ1) is 19.5. The van der Waals surface area contributed by atoms with Gasteiger partial charge in [0.25, 0.3) is 5.56 Å². The molecule has 1 aromatic carbocycles. The predicted molar refractivity (Wildman–Crippen MR) is 104 cm³/mol. The summed E-state index contributed by atoms with van der Waals surface area (Å²) in [6.45, 7) is 1.74. The van der Waals surface area contributed by atoms with Crippen LogP contribution in [0.2, 0.25) is 5.02 Å². The number of aromatic nitrogens is 3. The van der Waals surface area contributed by atoms with Crippen LogP contribution in [0.1, 0.15) is 18.2 Å². The van der Waals surface area contributed by atoms with Gasteiger partial charge in [0.2, 0.25) is 5.88 Å². The quantitative estimate of drug-likeness (QED) is 0.682. The number of ether oxygens (including phenoxy) is 1. The van der Waals surface area contributed by atoms with E-state index in [0.717, 1.165) is 6.20 Å². The molecular formula is C20H17ClFN3O3. The molecule has 0 spiro atoms. The van der Waals surface area contributed by atoms with Crippen LogP contribution < -0.4 is 10.3 Å². The largest absolute Gasteiger partial charge is 0.496 e. The summed E-state index contributed by atoms with van der Waals surface area (Å²) in [6.07, 6.45) is 1.07. The van der Waals surface area contributed by atoms with Gasteiger partial charge in [-0.05, 0) is 31.2 Å². The second-order valence-electron chi connectivity index (χ2n) is 5.96. The van der Waals surface area contributed by atoms with Crippen molar-refractivity contribution in [3.8, 4) is 34.6 Å². The molecule has 0 bridgehead atoms. The molecule has 6 nitrogen and oxygen atoms in total. The van der Waals surface area contributed by atoms with Crippen molar-refractivity contribution >= 4 is 11.6 Å². The van der Waals surface area contributed by atoms with E-state index in [1.54, 1.807) is 19.1 Å². The zero-order valence-corrected chi connectivity index (χ0v) is 16.2. The van der Waals surface area contributed by atoms with Gasteiger partial charge in [0.05, 0.1) is 36.1 Å². The Kier molecular flexibility index (Phi) is 5.43. The van der Waals surface area contributed by atoms with Crippen LogP contribution in [0.4, 0.5) is 4.39 Å². The van der Waals surface area contributed by atoms with E-state index in [0.29, 0.717) is 17.0 Å². The fraction of sp³-hybridized carbons (Fsp3) is 0.200. The van der Waals surface area contributed by atoms with Crippen LogP contribution >= 0.6 is 11.6 Å². The van der Waals surface area contributed by atoms with Gasteiger partial charge < -0.3 is 9.84 Å². The average molecular weight is 402 g/mol. The molecule has 0 atom stereocenters. The van der Waals surface area contributed by atoms with Crippen molar-refractivity contribution in [2.24, 2.45) is 7.05 Å². The predicted octanol–water partition coefficient (Wildman–Crippen LogP) is 3.18. The fourth-order valence-corrected chi connectivity index (χ4v) is 3.19. The number of rotatable bonds is 4. The molecule has 2 heterocycles. The summed E-state index contributed by atoms with van der Waals surface area (Å²) >= 11 is 6.40. The minimum absolute atomic E-state index is 0.00229. The molecule has 0 saturated carbocycles. The number of benzene rings is 1. The fourth-order valence-electron chi connectivity index (χ4n) is 2.89.